The molecule has 2 N–H and O–H groups in total. The third-order valence-corrected chi connectivity index (χ3v) is 4.62. The second-order valence-electron chi connectivity index (χ2n) is 6.84. The Bertz CT molecular complexity index is 518. The lowest BCUT2D eigenvalue weighted by atomic mass is 10.0. The number of urea groups is 1. The number of hydrogen-bond donors (Lipinski definition) is 2. The molecule has 0 aliphatic carbocycles. The van der Waals surface area contributed by atoms with Crippen LogP contribution in [-0.2, 0) is 11.3 Å². The summed E-state index contributed by atoms with van der Waals surface area (Å²) in [4.78, 5) is 14.5. The van der Waals surface area contributed by atoms with E-state index < -0.39 is 0 Å². The molecule has 0 radical (unpaired) electrons. The average molecular weight is 321 g/mol. The van der Waals surface area contributed by atoms with Crippen LogP contribution in [0.1, 0.15) is 32.6 Å². The predicted octanol–water partition coefficient (Wildman–Crippen LogP) is 1.67. The highest BCUT2D eigenvalue weighted by Gasteiger charge is 2.31. The maximum absolute atomic E-state index is 12.1. The van der Waals surface area contributed by atoms with Crippen LogP contribution in [0, 0.1) is 0 Å². The number of carbonyl (C=O) groups is 1. The van der Waals surface area contributed by atoms with E-state index in [1.165, 1.54) is 32.4 Å². The fourth-order valence-electron chi connectivity index (χ4n) is 3.18. The van der Waals surface area contributed by atoms with E-state index in [2.05, 4.69) is 20.6 Å². The number of piperidine rings is 1. The molecule has 1 aromatic heterocycles. The normalized spacial score (nSPS) is 25.4. The van der Waals surface area contributed by atoms with Crippen LogP contribution in [0.5, 0.6) is 0 Å². The molecular weight excluding hydrogens is 294 g/mol. The van der Waals surface area contributed by atoms with E-state index in [0.717, 1.165) is 25.2 Å². The summed E-state index contributed by atoms with van der Waals surface area (Å²) in [6, 6.07) is -0.200. The van der Waals surface area contributed by atoms with E-state index in [1.807, 2.05) is 17.8 Å². The van der Waals surface area contributed by atoms with Crippen molar-refractivity contribution < 1.29 is 9.53 Å². The number of nitrogens with zero attached hydrogens (tertiary/aromatic N) is 3. The van der Waals surface area contributed by atoms with Crippen LogP contribution in [0.3, 0.4) is 0 Å². The average Bonchev–Trinajstić information content (AvgIpc) is 3.15. The van der Waals surface area contributed by atoms with Gasteiger partial charge in [-0.15, -0.1) is 0 Å². The molecular formula is C16H27N5O2. The highest BCUT2D eigenvalue weighted by atomic mass is 16.5. The first-order chi connectivity index (χ1) is 11.1. The molecule has 128 valence electrons. The third-order valence-electron chi connectivity index (χ3n) is 4.62. The Morgan fingerprint density at radius 2 is 2.17 bits per heavy atom. The largest absolute Gasteiger partial charge is 0.379 e. The van der Waals surface area contributed by atoms with Gasteiger partial charge in [-0.05, 0) is 39.3 Å². The van der Waals surface area contributed by atoms with Gasteiger partial charge in [0.15, 0.2) is 0 Å². The molecule has 2 aliphatic rings. The topological polar surface area (TPSA) is 71.4 Å². The van der Waals surface area contributed by atoms with E-state index in [0.29, 0.717) is 13.2 Å². The molecule has 2 aliphatic heterocycles. The van der Waals surface area contributed by atoms with Gasteiger partial charge in [-0.3, -0.25) is 4.68 Å². The summed E-state index contributed by atoms with van der Waals surface area (Å²) in [6.45, 7) is 7.52. The third kappa shape index (κ3) is 4.68. The lowest BCUT2D eigenvalue weighted by Crippen LogP contribution is -2.48. The Kier molecular flexibility index (Phi) is 5.17. The molecule has 7 heteroatoms. The van der Waals surface area contributed by atoms with Gasteiger partial charge in [0, 0.05) is 19.3 Å². The zero-order valence-electron chi connectivity index (χ0n) is 13.9. The maximum atomic E-state index is 12.1. The molecule has 2 amide bonds. The van der Waals surface area contributed by atoms with Crippen molar-refractivity contribution in [2.45, 2.75) is 44.7 Å². The summed E-state index contributed by atoms with van der Waals surface area (Å²) in [5.74, 6) is 0. The smallest absolute Gasteiger partial charge is 0.319 e. The molecule has 1 aromatic rings. The van der Waals surface area contributed by atoms with Crippen LogP contribution in [0.4, 0.5) is 10.5 Å². The van der Waals surface area contributed by atoms with Crippen molar-refractivity contribution in [1.82, 2.24) is 20.0 Å². The highest BCUT2D eigenvalue weighted by Crippen LogP contribution is 2.17. The number of carbonyl (C=O) groups excluding carboxylic acids is 1. The van der Waals surface area contributed by atoms with Crippen molar-refractivity contribution in [3.63, 3.8) is 0 Å². The molecule has 23 heavy (non-hydrogen) atoms. The highest BCUT2D eigenvalue weighted by molar-refractivity contribution is 5.89. The zero-order valence-corrected chi connectivity index (χ0v) is 13.9. The van der Waals surface area contributed by atoms with Gasteiger partial charge in [0.2, 0.25) is 0 Å². The van der Waals surface area contributed by atoms with Crippen molar-refractivity contribution in [1.29, 1.82) is 0 Å². The minimum atomic E-state index is -0.270. The summed E-state index contributed by atoms with van der Waals surface area (Å²) in [6.07, 6.45) is 8.38. The number of anilines is 1. The monoisotopic (exact) mass is 321 g/mol. The summed E-state index contributed by atoms with van der Waals surface area (Å²) in [5, 5.41) is 10.2. The van der Waals surface area contributed by atoms with Crippen LogP contribution in [0.15, 0.2) is 12.4 Å². The van der Waals surface area contributed by atoms with Crippen molar-refractivity contribution in [3.8, 4) is 0 Å². The van der Waals surface area contributed by atoms with Crippen LogP contribution in [0.25, 0.3) is 0 Å². The lowest BCUT2D eigenvalue weighted by molar-refractivity contribution is 0.172. The van der Waals surface area contributed by atoms with Crippen LogP contribution in [0.2, 0.25) is 0 Å². The van der Waals surface area contributed by atoms with Gasteiger partial charge in [0.1, 0.15) is 0 Å². The Balaban J connectivity index is 1.44. The molecule has 0 spiro atoms. The van der Waals surface area contributed by atoms with Crippen molar-refractivity contribution >= 4 is 11.7 Å². The number of aromatic nitrogens is 2. The van der Waals surface area contributed by atoms with E-state index in [1.54, 1.807) is 6.20 Å². The van der Waals surface area contributed by atoms with Crippen LogP contribution < -0.4 is 10.6 Å². The maximum Gasteiger partial charge on any atom is 0.319 e. The van der Waals surface area contributed by atoms with Gasteiger partial charge in [0.05, 0.1) is 30.6 Å². The van der Waals surface area contributed by atoms with Gasteiger partial charge >= 0.3 is 6.03 Å². The number of nitrogens with one attached hydrogen (secondary N) is 2. The fourth-order valence-corrected chi connectivity index (χ4v) is 3.18. The number of likely N-dealkylation sites (tertiary alicyclic amines) is 1. The zero-order chi connectivity index (χ0) is 16.1. The van der Waals surface area contributed by atoms with Crippen molar-refractivity contribution in [2.75, 3.05) is 38.2 Å². The minimum absolute atomic E-state index is 0.200. The molecule has 0 unspecified atom stereocenters. The second kappa shape index (κ2) is 7.31. The van der Waals surface area contributed by atoms with E-state index in [9.17, 15) is 4.79 Å². The number of amides is 2. The molecule has 2 saturated heterocycles. The number of ether oxygens (including phenoxy) is 1. The van der Waals surface area contributed by atoms with E-state index in [4.69, 9.17) is 4.74 Å². The number of hydrogen-bond acceptors (Lipinski definition) is 4. The minimum Gasteiger partial charge on any atom is -0.379 e. The Morgan fingerprint density at radius 1 is 1.35 bits per heavy atom. The summed E-state index contributed by atoms with van der Waals surface area (Å²) in [7, 11) is 0. The molecule has 2 fully saturated rings. The Labute approximate surface area is 137 Å². The molecule has 3 heterocycles. The molecule has 3 rings (SSSR count). The van der Waals surface area contributed by atoms with E-state index >= 15 is 0 Å². The van der Waals surface area contributed by atoms with Gasteiger partial charge in [-0.25, -0.2) is 4.79 Å². The van der Waals surface area contributed by atoms with Crippen molar-refractivity contribution in [2.24, 2.45) is 0 Å². The first-order valence-corrected chi connectivity index (χ1v) is 8.55. The summed E-state index contributed by atoms with van der Waals surface area (Å²) < 4.78 is 7.23. The standard InChI is InChI=1S/C16H27N5O2/c1-16(5-10-23-13-16)19-15(22)18-14-11-17-21(12-14)9-8-20-6-3-2-4-7-20/h11-12H,2-10,13H2,1H3,(H2,18,19,22)/t16-/m1/s1. The molecule has 0 bridgehead atoms. The van der Waals surface area contributed by atoms with Crippen LogP contribution in [-0.4, -0.2) is 59.1 Å². The summed E-state index contributed by atoms with van der Waals surface area (Å²) >= 11 is 0. The fraction of sp³-hybridized carbons (Fsp3) is 0.750. The first-order valence-electron chi connectivity index (χ1n) is 8.55. The molecule has 1 atom stereocenters. The molecule has 0 saturated carbocycles. The predicted molar refractivity (Wildman–Crippen MR) is 88.5 cm³/mol. The first kappa shape index (κ1) is 16.3. The lowest BCUT2D eigenvalue weighted by Gasteiger charge is -2.26. The number of rotatable bonds is 5. The van der Waals surface area contributed by atoms with E-state index in [-0.39, 0.29) is 11.6 Å². The molecule has 7 nitrogen and oxygen atoms in total. The second-order valence-corrected chi connectivity index (χ2v) is 6.84. The van der Waals surface area contributed by atoms with Crippen molar-refractivity contribution in [3.05, 3.63) is 12.4 Å². The summed E-state index contributed by atoms with van der Waals surface area (Å²) in [5.41, 5.74) is 0.456. The van der Waals surface area contributed by atoms with Crippen LogP contribution >= 0.6 is 0 Å². The van der Waals surface area contributed by atoms with Gasteiger partial charge in [-0.2, -0.15) is 5.10 Å². The Morgan fingerprint density at radius 3 is 2.91 bits per heavy atom. The van der Waals surface area contributed by atoms with Gasteiger partial charge < -0.3 is 20.3 Å². The SMILES string of the molecule is C[C@@]1(NC(=O)Nc2cnn(CCN3CCCCC3)c2)CCOC1. The van der Waals surface area contributed by atoms with Gasteiger partial charge in [-0.1, -0.05) is 6.42 Å². The molecule has 0 aromatic carbocycles. The van der Waals surface area contributed by atoms with Gasteiger partial charge in [0.25, 0.3) is 0 Å². The Hall–Kier alpha value is -1.60. The quantitative estimate of drug-likeness (QED) is 0.865.